The first-order valence-electron chi connectivity index (χ1n) is 4.40. The lowest BCUT2D eigenvalue weighted by Crippen LogP contribution is -1.87. The van der Waals surface area contributed by atoms with Gasteiger partial charge in [0.25, 0.3) is 0 Å². The Morgan fingerprint density at radius 3 is 2.25 bits per heavy atom. The minimum atomic E-state index is -0.492. The fraction of sp³-hybridized carbons (Fsp3) is 0. The van der Waals surface area contributed by atoms with Crippen LogP contribution in [0.1, 0.15) is 0 Å². The van der Waals surface area contributed by atoms with Gasteiger partial charge in [-0.1, -0.05) is 53.0 Å². The maximum absolute atomic E-state index is 13.5. The zero-order valence-electron chi connectivity index (χ0n) is 7.90. The average molecular weight is 275 g/mol. The van der Waals surface area contributed by atoms with E-state index in [0.717, 1.165) is 0 Å². The van der Waals surface area contributed by atoms with Gasteiger partial charge in [0.05, 0.1) is 10.0 Å². The molecule has 0 bridgehead atoms. The van der Waals surface area contributed by atoms with Crippen LogP contribution in [0.4, 0.5) is 4.39 Å². The lowest BCUT2D eigenvalue weighted by Gasteiger charge is -2.08. The van der Waals surface area contributed by atoms with Crippen molar-refractivity contribution in [1.29, 1.82) is 0 Å². The van der Waals surface area contributed by atoms with Crippen molar-refractivity contribution in [2.75, 3.05) is 0 Å². The largest absolute Gasteiger partial charge is 0.206 e. The maximum atomic E-state index is 13.5. The standard InChI is InChI=1S/C12H5Cl3F/c13-7-5-9(14)12(10(15)6-7)8-3-1-2-4-11(8)16/h1-3,5-6H. The molecule has 0 saturated carbocycles. The van der Waals surface area contributed by atoms with Crippen molar-refractivity contribution < 1.29 is 4.39 Å². The topological polar surface area (TPSA) is 0 Å². The molecule has 0 aliphatic heterocycles. The van der Waals surface area contributed by atoms with Crippen LogP contribution in [0.2, 0.25) is 15.1 Å². The van der Waals surface area contributed by atoms with Crippen molar-refractivity contribution in [3.8, 4) is 11.1 Å². The minimum absolute atomic E-state index is 0.314. The van der Waals surface area contributed by atoms with E-state index >= 15 is 0 Å². The number of rotatable bonds is 1. The molecule has 2 aromatic carbocycles. The zero-order valence-corrected chi connectivity index (χ0v) is 10.2. The van der Waals surface area contributed by atoms with Crippen LogP contribution < -0.4 is 0 Å². The molecule has 0 aliphatic rings. The first-order chi connectivity index (χ1) is 7.59. The number of benzene rings is 2. The second-order valence-corrected chi connectivity index (χ2v) is 4.39. The van der Waals surface area contributed by atoms with Gasteiger partial charge in [-0.2, -0.15) is 0 Å². The summed E-state index contributed by atoms with van der Waals surface area (Å²) in [5.74, 6) is -0.492. The summed E-state index contributed by atoms with van der Waals surface area (Å²) in [5.41, 5.74) is 0.747. The molecule has 0 saturated heterocycles. The van der Waals surface area contributed by atoms with E-state index in [4.69, 9.17) is 34.8 Å². The van der Waals surface area contributed by atoms with Gasteiger partial charge in [-0.05, 0) is 12.1 Å². The van der Waals surface area contributed by atoms with Crippen LogP contribution >= 0.6 is 34.8 Å². The van der Waals surface area contributed by atoms with E-state index in [-0.39, 0.29) is 0 Å². The summed E-state index contributed by atoms with van der Waals surface area (Å²) in [7, 11) is 0. The van der Waals surface area contributed by atoms with Crippen molar-refractivity contribution in [2.24, 2.45) is 0 Å². The van der Waals surface area contributed by atoms with Crippen molar-refractivity contribution in [1.82, 2.24) is 0 Å². The van der Waals surface area contributed by atoms with Crippen molar-refractivity contribution in [2.45, 2.75) is 0 Å². The first-order valence-corrected chi connectivity index (χ1v) is 5.54. The first kappa shape index (κ1) is 11.7. The molecule has 0 atom stereocenters. The molecule has 81 valence electrons. The predicted molar refractivity (Wildman–Crippen MR) is 65.7 cm³/mol. The molecule has 2 aromatic rings. The molecular formula is C12H5Cl3F. The van der Waals surface area contributed by atoms with Gasteiger partial charge in [-0.3, -0.25) is 0 Å². The van der Waals surface area contributed by atoms with Crippen molar-refractivity contribution >= 4 is 34.8 Å². The van der Waals surface area contributed by atoms with Gasteiger partial charge >= 0.3 is 0 Å². The second-order valence-electron chi connectivity index (χ2n) is 3.14. The quantitative estimate of drug-likeness (QED) is 0.666. The number of halogens is 4. The average Bonchev–Trinajstić information content (AvgIpc) is 2.19. The van der Waals surface area contributed by atoms with Crippen LogP contribution in [0.3, 0.4) is 0 Å². The third kappa shape index (κ3) is 2.17. The van der Waals surface area contributed by atoms with Gasteiger partial charge in [-0.15, -0.1) is 0 Å². The molecule has 0 unspecified atom stereocenters. The van der Waals surface area contributed by atoms with Gasteiger partial charge in [0.15, 0.2) is 0 Å². The molecule has 0 fully saturated rings. The maximum Gasteiger partial charge on any atom is 0.139 e. The molecule has 0 aliphatic carbocycles. The Labute approximate surface area is 108 Å². The normalized spacial score (nSPS) is 10.5. The summed E-state index contributed by atoms with van der Waals surface area (Å²) in [4.78, 5) is 0. The minimum Gasteiger partial charge on any atom is -0.206 e. The Morgan fingerprint density at radius 1 is 1.06 bits per heavy atom. The molecule has 2 rings (SSSR count). The van der Waals surface area contributed by atoms with E-state index in [1.54, 1.807) is 12.1 Å². The summed E-state index contributed by atoms with van der Waals surface area (Å²) in [6, 6.07) is 10.2. The predicted octanol–water partition coefficient (Wildman–Crippen LogP) is 5.25. The second kappa shape index (κ2) is 4.62. The lowest BCUT2D eigenvalue weighted by atomic mass is 10.1. The van der Waals surface area contributed by atoms with Gasteiger partial charge < -0.3 is 0 Å². The molecule has 16 heavy (non-hydrogen) atoms. The van der Waals surface area contributed by atoms with Crippen LogP contribution in [-0.4, -0.2) is 0 Å². The van der Waals surface area contributed by atoms with Gasteiger partial charge in [0.2, 0.25) is 0 Å². The van der Waals surface area contributed by atoms with E-state index in [2.05, 4.69) is 6.07 Å². The highest BCUT2D eigenvalue weighted by Gasteiger charge is 2.13. The summed E-state index contributed by atoms with van der Waals surface area (Å²) < 4.78 is 13.5. The van der Waals surface area contributed by atoms with E-state index in [0.29, 0.717) is 26.2 Å². The van der Waals surface area contributed by atoms with Crippen molar-refractivity contribution in [3.63, 3.8) is 0 Å². The lowest BCUT2D eigenvalue weighted by molar-refractivity contribution is 0.629. The van der Waals surface area contributed by atoms with Crippen LogP contribution in [0.25, 0.3) is 11.1 Å². The highest BCUT2D eigenvalue weighted by Crippen LogP contribution is 2.37. The van der Waals surface area contributed by atoms with Crippen LogP contribution in [0.5, 0.6) is 0 Å². The fourth-order valence-corrected chi connectivity index (χ4v) is 2.43. The van der Waals surface area contributed by atoms with Crippen LogP contribution in [0, 0.1) is 11.9 Å². The molecule has 0 N–H and O–H groups in total. The Hall–Kier alpha value is -0.760. The van der Waals surface area contributed by atoms with E-state index < -0.39 is 5.82 Å². The highest BCUT2D eigenvalue weighted by atomic mass is 35.5. The third-order valence-corrected chi connectivity index (χ3v) is 2.90. The monoisotopic (exact) mass is 273 g/mol. The molecule has 0 heterocycles. The fourth-order valence-electron chi connectivity index (χ4n) is 1.41. The summed E-state index contributed by atoms with van der Waals surface area (Å²) in [6.45, 7) is 0. The summed E-state index contributed by atoms with van der Waals surface area (Å²) in [5, 5.41) is 1.05. The Kier molecular flexibility index (Phi) is 3.38. The molecule has 0 spiro atoms. The number of hydrogen-bond acceptors (Lipinski definition) is 0. The van der Waals surface area contributed by atoms with E-state index in [1.807, 2.05) is 0 Å². The van der Waals surface area contributed by atoms with Crippen LogP contribution in [0.15, 0.2) is 30.3 Å². The summed E-state index contributed by atoms with van der Waals surface area (Å²) in [6.07, 6.45) is 0. The number of hydrogen-bond donors (Lipinski definition) is 0. The molecule has 0 nitrogen and oxygen atoms in total. The van der Waals surface area contributed by atoms with E-state index in [1.165, 1.54) is 18.2 Å². The highest BCUT2D eigenvalue weighted by molar-refractivity contribution is 6.41. The third-order valence-electron chi connectivity index (χ3n) is 2.08. The molecule has 4 heteroatoms. The molecular weight excluding hydrogens is 269 g/mol. The summed E-state index contributed by atoms with van der Waals surface area (Å²) >= 11 is 17.8. The zero-order chi connectivity index (χ0) is 11.7. The van der Waals surface area contributed by atoms with Gasteiger partial charge in [0, 0.05) is 22.2 Å². The van der Waals surface area contributed by atoms with Crippen LogP contribution in [-0.2, 0) is 0 Å². The van der Waals surface area contributed by atoms with Crippen molar-refractivity contribution in [3.05, 3.63) is 57.3 Å². The molecule has 1 radical (unpaired) electrons. The molecule has 0 aromatic heterocycles. The van der Waals surface area contributed by atoms with Gasteiger partial charge in [0.1, 0.15) is 5.82 Å². The Morgan fingerprint density at radius 2 is 1.69 bits per heavy atom. The van der Waals surface area contributed by atoms with E-state index in [9.17, 15) is 4.39 Å². The SMILES string of the molecule is Fc1[c]cccc1-c1c(Cl)cc(Cl)cc1Cl. The Bertz CT molecular complexity index is 515. The Balaban J connectivity index is 2.70. The molecule has 0 amide bonds. The smallest absolute Gasteiger partial charge is 0.139 e. The van der Waals surface area contributed by atoms with Gasteiger partial charge in [-0.25, -0.2) is 4.39 Å².